The average molecular weight is 333 g/mol. The predicted molar refractivity (Wildman–Crippen MR) is 89.3 cm³/mol. The summed E-state index contributed by atoms with van der Waals surface area (Å²) in [5.41, 5.74) is 1.50. The monoisotopic (exact) mass is 333 g/mol. The third-order valence-corrected chi connectivity index (χ3v) is 4.60. The molecule has 0 spiro atoms. The van der Waals surface area contributed by atoms with Crippen molar-refractivity contribution in [3.63, 3.8) is 0 Å². The van der Waals surface area contributed by atoms with Crippen molar-refractivity contribution in [3.8, 4) is 0 Å². The van der Waals surface area contributed by atoms with Crippen LogP contribution in [0.25, 0.3) is 0 Å². The minimum Gasteiger partial charge on any atom is -0.314 e. The van der Waals surface area contributed by atoms with E-state index in [0.717, 1.165) is 21.8 Å². The molecule has 2 aromatic rings. The molecule has 7 heteroatoms. The predicted octanol–water partition coefficient (Wildman–Crippen LogP) is 1.51. The van der Waals surface area contributed by atoms with Crippen LogP contribution < -0.4 is 4.90 Å². The van der Waals surface area contributed by atoms with Crippen molar-refractivity contribution in [1.29, 1.82) is 0 Å². The summed E-state index contributed by atoms with van der Waals surface area (Å²) in [6, 6.07) is 12.5. The Morgan fingerprint density at radius 3 is 2.26 bits per heavy atom. The maximum absolute atomic E-state index is 12.4. The number of pyridine rings is 1. The van der Waals surface area contributed by atoms with Crippen molar-refractivity contribution in [2.45, 2.75) is 6.54 Å². The summed E-state index contributed by atoms with van der Waals surface area (Å²) >= 11 is 0. The molecule has 23 heavy (non-hydrogen) atoms. The van der Waals surface area contributed by atoms with Gasteiger partial charge in [0, 0.05) is 31.7 Å². The molecule has 0 N–H and O–H groups in total. The number of carbonyl (C=O) groups is 1. The van der Waals surface area contributed by atoms with Crippen molar-refractivity contribution in [2.24, 2.45) is 0 Å². The fourth-order valence-electron chi connectivity index (χ4n) is 2.03. The molecule has 2 rings (SSSR count). The first-order chi connectivity index (χ1) is 10.9. The van der Waals surface area contributed by atoms with Crippen molar-refractivity contribution < 1.29 is 13.2 Å². The molecule has 1 heterocycles. The highest BCUT2D eigenvalue weighted by Crippen LogP contribution is 2.13. The Hall–Kier alpha value is -2.25. The molecule has 0 aliphatic heterocycles. The Kier molecular flexibility index (Phi) is 5.46. The molecule has 0 saturated carbocycles. The second kappa shape index (κ2) is 7.34. The minimum atomic E-state index is -3.51. The molecule has 0 aliphatic rings. The molecule has 0 radical (unpaired) electrons. The van der Waals surface area contributed by atoms with Gasteiger partial charge in [0.15, 0.2) is 0 Å². The Morgan fingerprint density at radius 1 is 1.09 bits per heavy atom. The molecule has 0 aliphatic carbocycles. The molecule has 1 aromatic heterocycles. The van der Waals surface area contributed by atoms with E-state index in [0.29, 0.717) is 0 Å². The quantitative estimate of drug-likeness (QED) is 0.803. The van der Waals surface area contributed by atoms with Gasteiger partial charge in [0.05, 0.1) is 12.8 Å². The Bertz CT molecular complexity index is 749. The summed E-state index contributed by atoms with van der Waals surface area (Å²) in [5, 5.41) is 0. The SMILES string of the molecule is CN(C(=O)CN(Cc1ccncc1)S(C)(=O)=O)c1ccccc1. The molecule has 0 atom stereocenters. The fraction of sp³-hybridized carbons (Fsp3) is 0.250. The molecule has 6 nitrogen and oxygen atoms in total. The lowest BCUT2D eigenvalue weighted by Crippen LogP contribution is -2.40. The highest BCUT2D eigenvalue weighted by Gasteiger charge is 2.22. The molecular weight excluding hydrogens is 314 g/mol. The molecule has 1 amide bonds. The zero-order chi connectivity index (χ0) is 16.9. The van der Waals surface area contributed by atoms with Crippen LogP contribution in [0.3, 0.4) is 0 Å². The second-order valence-electron chi connectivity index (χ2n) is 5.17. The molecule has 0 fully saturated rings. The van der Waals surface area contributed by atoms with Gasteiger partial charge < -0.3 is 4.90 Å². The van der Waals surface area contributed by atoms with E-state index in [4.69, 9.17) is 0 Å². The lowest BCUT2D eigenvalue weighted by atomic mass is 10.2. The summed E-state index contributed by atoms with van der Waals surface area (Å²) in [4.78, 5) is 17.7. The van der Waals surface area contributed by atoms with Crippen LogP contribution >= 0.6 is 0 Å². The minimum absolute atomic E-state index is 0.135. The van der Waals surface area contributed by atoms with E-state index in [1.807, 2.05) is 18.2 Å². The van der Waals surface area contributed by atoms with E-state index in [9.17, 15) is 13.2 Å². The zero-order valence-corrected chi connectivity index (χ0v) is 13.9. The third-order valence-electron chi connectivity index (χ3n) is 3.41. The van der Waals surface area contributed by atoms with Crippen LogP contribution in [0.2, 0.25) is 0 Å². The molecule has 0 bridgehead atoms. The summed E-state index contributed by atoms with van der Waals surface area (Å²) < 4.78 is 25.1. The van der Waals surface area contributed by atoms with Gasteiger partial charge >= 0.3 is 0 Å². The summed E-state index contributed by atoms with van der Waals surface area (Å²) in [6.45, 7) is -0.0811. The number of para-hydroxylation sites is 1. The normalized spacial score (nSPS) is 11.4. The number of sulfonamides is 1. The lowest BCUT2D eigenvalue weighted by Gasteiger charge is -2.23. The van der Waals surface area contributed by atoms with E-state index in [-0.39, 0.29) is 19.0 Å². The van der Waals surface area contributed by atoms with Crippen LogP contribution in [0.4, 0.5) is 5.69 Å². The van der Waals surface area contributed by atoms with Gasteiger partial charge in [-0.1, -0.05) is 18.2 Å². The Balaban J connectivity index is 2.13. The van der Waals surface area contributed by atoms with Gasteiger partial charge in [-0.15, -0.1) is 0 Å². The second-order valence-corrected chi connectivity index (χ2v) is 7.16. The first kappa shape index (κ1) is 17.1. The average Bonchev–Trinajstić information content (AvgIpc) is 2.54. The van der Waals surface area contributed by atoms with Crippen LogP contribution in [0, 0.1) is 0 Å². The third kappa shape index (κ3) is 4.87. The first-order valence-corrected chi connectivity index (χ1v) is 8.88. The van der Waals surface area contributed by atoms with Crippen LogP contribution in [0.15, 0.2) is 54.9 Å². The number of rotatable bonds is 6. The maximum Gasteiger partial charge on any atom is 0.242 e. The highest BCUT2D eigenvalue weighted by atomic mass is 32.2. The molecular formula is C16H19N3O3S. The number of hydrogen-bond acceptors (Lipinski definition) is 4. The van der Waals surface area contributed by atoms with Crippen LogP contribution in [0.1, 0.15) is 5.56 Å². The fourth-order valence-corrected chi connectivity index (χ4v) is 2.76. The topological polar surface area (TPSA) is 70.6 Å². The largest absolute Gasteiger partial charge is 0.314 e. The van der Waals surface area contributed by atoms with Crippen molar-refractivity contribution in [3.05, 3.63) is 60.4 Å². The van der Waals surface area contributed by atoms with Crippen LogP contribution in [-0.4, -0.2) is 43.5 Å². The maximum atomic E-state index is 12.4. The van der Waals surface area contributed by atoms with Gasteiger partial charge in [-0.2, -0.15) is 4.31 Å². The van der Waals surface area contributed by atoms with Gasteiger partial charge in [-0.05, 0) is 29.8 Å². The Morgan fingerprint density at radius 2 is 1.70 bits per heavy atom. The van der Waals surface area contributed by atoms with Crippen molar-refractivity contribution >= 4 is 21.6 Å². The van der Waals surface area contributed by atoms with E-state index in [2.05, 4.69) is 4.98 Å². The Labute approximate surface area is 136 Å². The number of aromatic nitrogens is 1. The molecule has 1 aromatic carbocycles. The molecule has 0 unspecified atom stereocenters. The number of hydrogen-bond donors (Lipinski definition) is 0. The van der Waals surface area contributed by atoms with E-state index in [1.165, 1.54) is 4.90 Å². The van der Waals surface area contributed by atoms with Gasteiger partial charge in [-0.25, -0.2) is 8.42 Å². The van der Waals surface area contributed by atoms with Gasteiger partial charge in [0.1, 0.15) is 0 Å². The van der Waals surface area contributed by atoms with Crippen LogP contribution in [-0.2, 0) is 21.4 Å². The first-order valence-electron chi connectivity index (χ1n) is 7.03. The number of benzene rings is 1. The number of anilines is 1. The zero-order valence-electron chi connectivity index (χ0n) is 13.1. The van der Waals surface area contributed by atoms with Crippen molar-refractivity contribution in [1.82, 2.24) is 9.29 Å². The van der Waals surface area contributed by atoms with Crippen LogP contribution in [0.5, 0.6) is 0 Å². The molecule has 0 saturated heterocycles. The highest BCUT2D eigenvalue weighted by molar-refractivity contribution is 7.88. The number of amides is 1. The van der Waals surface area contributed by atoms with Gasteiger partial charge in [0.25, 0.3) is 0 Å². The number of carbonyl (C=O) groups excluding carboxylic acids is 1. The summed E-state index contributed by atoms with van der Waals surface area (Å²) in [7, 11) is -1.88. The van der Waals surface area contributed by atoms with Gasteiger partial charge in [-0.3, -0.25) is 9.78 Å². The van der Waals surface area contributed by atoms with E-state index >= 15 is 0 Å². The lowest BCUT2D eigenvalue weighted by molar-refractivity contribution is -0.118. The van der Waals surface area contributed by atoms with Gasteiger partial charge in [0.2, 0.25) is 15.9 Å². The standard InChI is InChI=1S/C16H19N3O3S/c1-18(15-6-4-3-5-7-15)16(20)13-19(23(2,21)22)12-14-8-10-17-11-9-14/h3-11H,12-13H2,1-2H3. The smallest absolute Gasteiger partial charge is 0.242 e. The molecule has 122 valence electrons. The number of likely N-dealkylation sites (N-methyl/N-ethyl adjacent to an activating group) is 1. The van der Waals surface area contributed by atoms with Crippen molar-refractivity contribution in [2.75, 3.05) is 24.7 Å². The number of nitrogens with zero attached hydrogens (tertiary/aromatic N) is 3. The van der Waals surface area contributed by atoms with E-state index < -0.39 is 10.0 Å². The summed E-state index contributed by atoms with van der Waals surface area (Å²) in [5.74, 6) is -0.296. The van der Waals surface area contributed by atoms with E-state index in [1.54, 1.807) is 43.7 Å². The summed E-state index contributed by atoms with van der Waals surface area (Å²) in [6.07, 6.45) is 4.28.